The number of hydrogen-bond acceptors (Lipinski definition) is 5. The Morgan fingerprint density at radius 1 is 1.30 bits per heavy atom. The number of carbonyl (C=O) groups is 1. The molecule has 0 aliphatic heterocycles. The Kier molecular flexibility index (Phi) is 5.71. The lowest BCUT2D eigenvalue weighted by Crippen LogP contribution is -2.36. The molecule has 0 saturated carbocycles. The highest BCUT2D eigenvalue weighted by atomic mass is 32.1. The summed E-state index contributed by atoms with van der Waals surface area (Å²) in [5.41, 5.74) is 3.07. The van der Waals surface area contributed by atoms with Crippen molar-refractivity contribution in [1.82, 2.24) is 14.9 Å². The standard InChI is InChI=1S/C17H23N3O2S/c1-10(2)16-15(23-20-19-16)9-18-17(21)13(5)22-14-8-11(3)6-7-12(14)4/h6-8,10,13H,9H2,1-5H3,(H,18,21)/t13-/m0/s1. The summed E-state index contributed by atoms with van der Waals surface area (Å²) in [4.78, 5) is 13.2. The highest BCUT2D eigenvalue weighted by molar-refractivity contribution is 7.05. The number of nitrogens with one attached hydrogen (secondary N) is 1. The number of aryl methyl sites for hydroxylation is 2. The van der Waals surface area contributed by atoms with Crippen LogP contribution in [0.1, 0.15) is 48.4 Å². The van der Waals surface area contributed by atoms with E-state index < -0.39 is 6.10 Å². The topological polar surface area (TPSA) is 64.1 Å². The van der Waals surface area contributed by atoms with Crippen LogP contribution in [0.3, 0.4) is 0 Å². The molecule has 0 aliphatic rings. The molecule has 0 unspecified atom stereocenters. The van der Waals surface area contributed by atoms with E-state index in [1.807, 2.05) is 32.0 Å². The van der Waals surface area contributed by atoms with Crippen molar-refractivity contribution in [2.75, 3.05) is 0 Å². The van der Waals surface area contributed by atoms with Crippen LogP contribution < -0.4 is 10.1 Å². The van der Waals surface area contributed by atoms with E-state index >= 15 is 0 Å². The van der Waals surface area contributed by atoms with Gasteiger partial charge in [-0.05, 0) is 55.4 Å². The Morgan fingerprint density at radius 3 is 2.74 bits per heavy atom. The molecule has 0 radical (unpaired) electrons. The van der Waals surface area contributed by atoms with Crippen LogP contribution >= 0.6 is 11.5 Å². The molecule has 1 N–H and O–H groups in total. The van der Waals surface area contributed by atoms with Crippen LogP contribution in [-0.4, -0.2) is 21.6 Å². The van der Waals surface area contributed by atoms with E-state index in [9.17, 15) is 4.79 Å². The maximum atomic E-state index is 12.2. The molecule has 1 aromatic carbocycles. The number of amides is 1. The third-order valence-electron chi connectivity index (χ3n) is 3.57. The van der Waals surface area contributed by atoms with Crippen molar-refractivity contribution < 1.29 is 9.53 Å². The summed E-state index contributed by atoms with van der Waals surface area (Å²) in [7, 11) is 0. The smallest absolute Gasteiger partial charge is 0.261 e. The molecule has 0 spiro atoms. The van der Waals surface area contributed by atoms with Gasteiger partial charge in [0.1, 0.15) is 5.75 Å². The molecule has 5 nitrogen and oxygen atoms in total. The Labute approximate surface area is 141 Å². The lowest BCUT2D eigenvalue weighted by atomic mass is 10.1. The van der Waals surface area contributed by atoms with Gasteiger partial charge < -0.3 is 10.1 Å². The van der Waals surface area contributed by atoms with Crippen molar-refractivity contribution >= 4 is 17.4 Å². The largest absolute Gasteiger partial charge is 0.481 e. The lowest BCUT2D eigenvalue weighted by Gasteiger charge is -2.16. The van der Waals surface area contributed by atoms with Crippen molar-refractivity contribution in [1.29, 1.82) is 0 Å². The van der Waals surface area contributed by atoms with Crippen LogP contribution in [0.25, 0.3) is 0 Å². The van der Waals surface area contributed by atoms with Crippen LogP contribution in [0.15, 0.2) is 18.2 Å². The molecular weight excluding hydrogens is 310 g/mol. The number of benzene rings is 1. The van der Waals surface area contributed by atoms with Gasteiger partial charge in [0.05, 0.1) is 17.1 Å². The van der Waals surface area contributed by atoms with E-state index in [1.165, 1.54) is 11.5 Å². The zero-order chi connectivity index (χ0) is 17.0. The van der Waals surface area contributed by atoms with E-state index in [2.05, 4.69) is 28.8 Å². The molecule has 0 saturated heterocycles. The third kappa shape index (κ3) is 4.51. The van der Waals surface area contributed by atoms with Crippen LogP contribution in [0.5, 0.6) is 5.75 Å². The first-order chi connectivity index (χ1) is 10.9. The Hall–Kier alpha value is -1.95. The minimum atomic E-state index is -0.557. The molecule has 0 bridgehead atoms. The normalized spacial score (nSPS) is 12.3. The maximum Gasteiger partial charge on any atom is 0.261 e. The fraction of sp³-hybridized carbons (Fsp3) is 0.471. The molecule has 0 fully saturated rings. The van der Waals surface area contributed by atoms with Gasteiger partial charge >= 0.3 is 0 Å². The molecule has 1 amide bonds. The van der Waals surface area contributed by atoms with Crippen LogP contribution in [0.2, 0.25) is 0 Å². The van der Waals surface area contributed by atoms with E-state index in [-0.39, 0.29) is 5.91 Å². The highest BCUT2D eigenvalue weighted by Crippen LogP contribution is 2.21. The fourth-order valence-corrected chi connectivity index (χ4v) is 2.90. The lowest BCUT2D eigenvalue weighted by molar-refractivity contribution is -0.127. The van der Waals surface area contributed by atoms with Gasteiger partial charge in [0.2, 0.25) is 0 Å². The quantitative estimate of drug-likeness (QED) is 0.880. The summed E-state index contributed by atoms with van der Waals surface area (Å²) < 4.78 is 9.76. The summed E-state index contributed by atoms with van der Waals surface area (Å²) in [5, 5.41) is 7.01. The van der Waals surface area contributed by atoms with Gasteiger partial charge in [0.25, 0.3) is 5.91 Å². The second-order valence-electron chi connectivity index (χ2n) is 5.98. The van der Waals surface area contributed by atoms with Gasteiger partial charge in [0, 0.05) is 0 Å². The Morgan fingerprint density at radius 2 is 2.04 bits per heavy atom. The van der Waals surface area contributed by atoms with Gasteiger partial charge in [0.15, 0.2) is 6.10 Å². The summed E-state index contributed by atoms with van der Waals surface area (Å²) in [6.45, 7) is 10.3. The average Bonchev–Trinajstić information content (AvgIpc) is 2.97. The molecule has 0 aliphatic carbocycles. The molecule has 6 heteroatoms. The first-order valence-electron chi connectivity index (χ1n) is 7.71. The van der Waals surface area contributed by atoms with Crippen molar-refractivity contribution in [3.05, 3.63) is 39.9 Å². The number of hydrogen-bond donors (Lipinski definition) is 1. The molecule has 1 atom stereocenters. The Bertz CT molecular complexity index is 682. The fourth-order valence-electron chi connectivity index (χ4n) is 2.17. The maximum absolute atomic E-state index is 12.2. The van der Waals surface area contributed by atoms with Crippen molar-refractivity contribution in [2.24, 2.45) is 0 Å². The summed E-state index contributed by atoms with van der Waals surface area (Å²) in [6, 6.07) is 5.97. The molecule has 1 heterocycles. The number of ether oxygens (including phenoxy) is 1. The number of aromatic nitrogens is 2. The average molecular weight is 333 g/mol. The molecule has 1 aromatic heterocycles. The van der Waals surface area contributed by atoms with Gasteiger partial charge in [-0.15, -0.1) is 5.10 Å². The highest BCUT2D eigenvalue weighted by Gasteiger charge is 2.18. The third-order valence-corrected chi connectivity index (χ3v) is 4.31. The van der Waals surface area contributed by atoms with Gasteiger partial charge in [-0.2, -0.15) is 0 Å². The summed E-state index contributed by atoms with van der Waals surface area (Å²) in [6.07, 6.45) is -0.557. The molecular formula is C17H23N3O2S. The number of nitrogens with zero attached hydrogens (tertiary/aromatic N) is 2. The number of carbonyl (C=O) groups excluding carboxylic acids is 1. The molecule has 2 rings (SSSR count). The predicted molar refractivity (Wildman–Crippen MR) is 91.9 cm³/mol. The minimum Gasteiger partial charge on any atom is -0.481 e. The second kappa shape index (κ2) is 7.55. The Balaban J connectivity index is 1.95. The molecule has 23 heavy (non-hydrogen) atoms. The zero-order valence-electron chi connectivity index (χ0n) is 14.2. The first kappa shape index (κ1) is 17.4. The van der Waals surface area contributed by atoms with Crippen LogP contribution in [0.4, 0.5) is 0 Å². The predicted octanol–water partition coefficient (Wildman–Crippen LogP) is 3.36. The molecule has 2 aromatic rings. The number of rotatable bonds is 6. The summed E-state index contributed by atoms with van der Waals surface area (Å²) in [5.74, 6) is 0.897. The van der Waals surface area contributed by atoms with Crippen LogP contribution in [0, 0.1) is 13.8 Å². The first-order valence-corrected chi connectivity index (χ1v) is 8.48. The van der Waals surface area contributed by atoms with E-state index in [4.69, 9.17) is 4.74 Å². The van der Waals surface area contributed by atoms with E-state index in [0.29, 0.717) is 12.5 Å². The zero-order valence-corrected chi connectivity index (χ0v) is 15.0. The van der Waals surface area contributed by atoms with Gasteiger partial charge in [-0.1, -0.05) is 30.5 Å². The molecule has 124 valence electrons. The monoisotopic (exact) mass is 333 g/mol. The SMILES string of the molecule is Cc1ccc(C)c(O[C@@H](C)C(=O)NCc2snnc2C(C)C)c1. The van der Waals surface area contributed by atoms with E-state index in [0.717, 1.165) is 27.4 Å². The van der Waals surface area contributed by atoms with E-state index in [1.54, 1.807) is 6.92 Å². The van der Waals surface area contributed by atoms with Crippen LogP contribution in [-0.2, 0) is 11.3 Å². The summed E-state index contributed by atoms with van der Waals surface area (Å²) >= 11 is 1.32. The van der Waals surface area contributed by atoms with Crippen molar-refractivity contribution in [3.8, 4) is 5.75 Å². The van der Waals surface area contributed by atoms with Crippen molar-refractivity contribution in [2.45, 2.75) is 53.2 Å². The van der Waals surface area contributed by atoms with Gasteiger partial charge in [-0.25, -0.2) is 0 Å². The van der Waals surface area contributed by atoms with Crippen molar-refractivity contribution in [3.63, 3.8) is 0 Å². The minimum absolute atomic E-state index is 0.144. The second-order valence-corrected chi connectivity index (χ2v) is 6.82. The van der Waals surface area contributed by atoms with Gasteiger partial charge in [-0.3, -0.25) is 4.79 Å².